The fourth-order valence-electron chi connectivity index (χ4n) is 0.877. The summed E-state index contributed by atoms with van der Waals surface area (Å²) >= 11 is 0. The summed E-state index contributed by atoms with van der Waals surface area (Å²) in [6.45, 7) is 2.44. The van der Waals surface area contributed by atoms with Crippen molar-refractivity contribution in [2.75, 3.05) is 13.1 Å². The summed E-state index contributed by atoms with van der Waals surface area (Å²) in [5.41, 5.74) is 0. The molecule has 1 fully saturated rings. The van der Waals surface area contributed by atoms with Crippen LogP contribution in [-0.2, 0) is 11.3 Å². The third-order valence-corrected chi connectivity index (χ3v) is 1.66. The average Bonchev–Trinajstić information content (AvgIpc) is 2.36. The molecule has 11 heavy (non-hydrogen) atoms. The van der Waals surface area contributed by atoms with E-state index in [0.29, 0.717) is 12.7 Å². The summed E-state index contributed by atoms with van der Waals surface area (Å²) in [5, 5.41) is 9.57. The van der Waals surface area contributed by atoms with Crippen molar-refractivity contribution >= 4 is 0 Å². The van der Waals surface area contributed by atoms with Crippen LogP contribution in [0.2, 0.25) is 0 Å². The van der Waals surface area contributed by atoms with Gasteiger partial charge in [0, 0.05) is 13.1 Å². The maximum Gasteiger partial charge on any atom is 0.150 e. The molecule has 2 heterocycles. The lowest BCUT2D eigenvalue weighted by Gasteiger charge is -2.26. The highest BCUT2D eigenvalue weighted by Gasteiger charge is 2.16. The van der Waals surface area contributed by atoms with Crippen molar-refractivity contribution in [3.05, 3.63) is 12.2 Å². The van der Waals surface area contributed by atoms with E-state index in [0.717, 1.165) is 18.9 Å². The molecule has 5 heteroatoms. The summed E-state index contributed by atoms with van der Waals surface area (Å²) in [5.74, 6) is 0.789. The Labute approximate surface area is 64.2 Å². The van der Waals surface area contributed by atoms with E-state index in [1.807, 2.05) is 0 Å². The fourth-order valence-corrected chi connectivity index (χ4v) is 0.877. The molecule has 0 spiro atoms. The van der Waals surface area contributed by atoms with Crippen molar-refractivity contribution in [2.45, 2.75) is 12.7 Å². The summed E-state index contributed by atoms with van der Waals surface area (Å²) in [7, 11) is 0. The van der Waals surface area contributed by atoms with Crippen molar-refractivity contribution in [1.82, 2.24) is 20.5 Å². The van der Waals surface area contributed by atoms with Gasteiger partial charge in [0.25, 0.3) is 0 Å². The number of aromatic nitrogens is 3. The molecule has 1 aliphatic heterocycles. The van der Waals surface area contributed by atoms with Gasteiger partial charge in [0.2, 0.25) is 0 Å². The first-order valence-electron chi connectivity index (χ1n) is 3.62. The lowest BCUT2D eigenvalue weighted by molar-refractivity contribution is 0.00452. The molecule has 1 aliphatic rings. The van der Waals surface area contributed by atoms with E-state index in [1.54, 1.807) is 0 Å². The smallest absolute Gasteiger partial charge is 0.150 e. The summed E-state index contributed by atoms with van der Waals surface area (Å²) in [6, 6.07) is 0. The zero-order valence-electron chi connectivity index (χ0n) is 6.08. The number of hydrogen-bond acceptors (Lipinski definition) is 4. The minimum Gasteiger partial charge on any atom is -0.368 e. The summed E-state index contributed by atoms with van der Waals surface area (Å²) in [6.07, 6.45) is 1.85. The van der Waals surface area contributed by atoms with Gasteiger partial charge in [-0.05, 0) is 0 Å². The van der Waals surface area contributed by atoms with Gasteiger partial charge < -0.3 is 10.1 Å². The predicted octanol–water partition coefficient (Wildman–Crippen LogP) is -0.707. The predicted molar refractivity (Wildman–Crippen MR) is 37.8 cm³/mol. The molecule has 0 atom stereocenters. The highest BCUT2D eigenvalue weighted by molar-refractivity contribution is 4.79. The number of rotatable bonds is 3. The van der Waals surface area contributed by atoms with Crippen LogP contribution in [0.1, 0.15) is 5.82 Å². The lowest BCUT2D eigenvalue weighted by atomic mass is 10.2. The molecule has 5 nitrogen and oxygen atoms in total. The molecule has 0 aliphatic carbocycles. The van der Waals surface area contributed by atoms with Crippen LogP contribution in [0, 0.1) is 0 Å². The molecule has 1 aromatic rings. The van der Waals surface area contributed by atoms with Gasteiger partial charge in [-0.1, -0.05) is 0 Å². The van der Waals surface area contributed by atoms with Gasteiger partial charge in [0.05, 0.1) is 6.10 Å². The van der Waals surface area contributed by atoms with E-state index in [1.165, 1.54) is 6.33 Å². The molecule has 0 radical (unpaired) electrons. The third kappa shape index (κ3) is 1.55. The second-order valence-corrected chi connectivity index (χ2v) is 2.52. The van der Waals surface area contributed by atoms with Gasteiger partial charge in [-0.3, -0.25) is 5.10 Å². The van der Waals surface area contributed by atoms with Crippen LogP contribution >= 0.6 is 0 Å². The quantitative estimate of drug-likeness (QED) is 0.604. The standard InChI is InChI=1S/C6H10N4O/c1-5(2-7-1)11-3-6-8-4-9-10-6/h4-5,7H,1-3H2,(H,8,9,10). The molecule has 60 valence electrons. The van der Waals surface area contributed by atoms with Gasteiger partial charge in [0.1, 0.15) is 18.8 Å². The van der Waals surface area contributed by atoms with Crippen molar-refractivity contribution in [1.29, 1.82) is 0 Å². The van der Waals surface area contributed by atoms with Crippen LogP contribution in [0.4, 0.5) is 0 Å². The summed E-state index contributed by atoms with van der Waals surface area (Å²) in [4.78, 5) is 3.93. The number of aromatic amines is 1. The van der Waals surface area contributed by atoms with E-state index in [4.69, 9.17) is 4.74 Å². The first-order valence-corrected chi connectivity index (χ1v) is 3.62. The van der Waals surface area contributed by atoms with E-state index in [2.05, 4.69) is 20.5 Å². The molecular weight excluding hydrogens is 144 g/mol. The third-order valence-electron chi connectivity index (χ3n) is 1.66. The number of hydrogen-bond donors (Lipinski definition) is 2. The first kappa shape index (κ1) is 6.75. The molecule has 0 saturated carbocycles. The van der Waals surface area contributed by atoms with E-state index < -0.39 is 0 Å². The van der Waals surface area contributed by atoms with Crippen LogP contribution < -0.4 is 5.32 Å². The van der Waals surface area contributed by atoms with Gasteiger partial charge in [-0.15, -0.1) is 0 Å². The van der Waals surface area contributed by atoms with E-state index in [9.17, 15) is 0 Å². The van der Waals surface area contributed by atoms with Gasteiger partial charge in [-0.25, -0.2) is 4.98 Å². The number of nitrogens with one attached hydrogen (secondary N) is 2. The highest BCUT2D eigenvalue weighted by atomic mass is 16.5. The molecule has 0 amide bonds. The van der Waals surface area contributed by atoms with Gasteiger partial charge in [0.15, 0.2) is 0 Å². The Morgan fingerprint density at radius 1 is 1.64 bits per heavy atom. The van der Waals surface area contributed by atoms with Crippen molar-refractivity contribution in [3.63, 3.8) is 0 Å². The van der Waals surface area contributed by atoms with Crippen LogP contribution in [0.5, 0.6) is 0 Å². The molecule has 1 aromatic heterocycles. The topological polar surface area (TPSA) is 62.8 Å². The Morgan fingerprint density at radius 2 is 2.55 bits per heavy atom. The molecular formula is C6H10N4O. The zero-order valence-corrected chi connectivity index (χ0v) is 6.08. The van der Waals surface area contributed by atoms with Crippen LogP contribution in [0.15, 0.2) is 6.33 Å². The Balaban J connectivity index is 1.74. The monoisotopic (exact) mass is 154 g/mol. The Bertz CT molecular complexity index is 206. The largest absolute Gasteiger partial charge is 0.368 e. The minimum atomic E-state index is 0.361. The van der Waals surface area contributed by atoms with Crippen LogP contribution in [-0.4, -0.2) is 34.4 Å². The second kappa shape index (κ2) is 2.98. The average molecular weight is 154 g/mol. The SMILES string of the molecule is c1n[nH]c(COC2CNC2)n1. The summed E-state index contributed by atoms with van der Waals surface area (Å²) < 4.78 is 5.43. The number of nitrogens with zero attached hydrogens (tertiary/aromatic N) is 2. The normalized spacial score (nSPS) is 18.2. The number of ether oxygens (including phenoxy) is 1. The van der Waals surface area contributed by atoms with Crippen molar-refractivity contribution < 1.29 is 4.74 Å². The van der Waals surface area contributed by atoms with E-state index in [-0.39, 0.29) is 0 Å². The Morgan fingerprint density at radius 3 is 3.09 bits per heavy atom. The Hall–Kier alpha value is -0.940. The van der Waals surface area contributed by atoms with Crippen molar-refractivity contribution in [2.24, 2.45) is 0 Å². The number of H-pyrrole nitrogens is 1. The Kier molecular flexibility index (Phi) is 1.83. The highest BCUT2D eigenvalue weighted by Crippen LogP contribution is 2.00. The van der Waals surface area contributed by atoms with E-state index >= 15 is 0 Å². The maximum atomic E-state index is 5.43. The lowest BCUT2D eigenvalue weighted by Crippen LogP contribution is -2.48. The minimum absolute atomic E-state index is 0.361. The van der Waals surface area contributed by atoms with Gasteiger partial charge in [-0.2, -0.15) is 5.10 Å². The van der Waals surface area contributed by atoms with Crippen LogP contribution in [0.3, 0.4) is 0 Å². The molecule has 0 aromatic carbocycles. The first-order chi connectivity index (χ1) is 5.45. The second-order valence-electron chi connectivity index (χ2n) is 2.52. The molecule has 0 unspecified atom stereocenters. The molecule has 0 bridgehead atoms. The zero-order chi connectivity index (χ0) is 7.52. The van der Waals surface area contributed by atoms with Crippen LogP contribution in [0.25, 0.3) is 0 Å². The van der Waals surface area contributed by atoms with Gasteiger partial charge >= 0.3 is 0 Å². The molecule has 2 rings (SSSR count). The molecule has 1 saturated heterocycles. The molecule has 2 N–H and O–H groups in total. The van der Waals surface area contributed by atoms with Crippen molar-refractivity contribution in [3.8, 4) is 0 Å². The maximum absolute atomic E-state index is 5.43. The fraction of sp³-hybridized carbons (Fsp3) is 0.667.